The lowest BCUT2D eigenvalue weighted by Crippen LogP contribution is -2.14. The summed E-state index contributed by atoms with van der Waals surface area (Å²) in [7, 11) is 1.26. The molecule has 1 aliphatic heterocycles. The first-order valence-electron chi connectivity index (χ1n) is 4.81. The summed E-state index contributed by atoms with van der Waals surface area (Å²) >= 11 is 0. The largest absolute Gasteiger partial charge is 0.467 e. The zero-order chi connectivity index (χ0) is 12.6. The Hall–Kier alpha value is -1.79. The minimum absolute atomic E-state index is 0.341. The lowest BCUT2D eigenvalue weighted by Gasteiger charge is -2.07. The van der Waals surface area contributed by atoms with Crippen molar-refractivity contribution >= 4 is 11.8 Å². The molecule has 0 saturated carbocycles. The molecule has 0 spiro atoms. The highest BCUT2D eigenvalue weighted by Gasteiger charge is 2.42. The molecule has 0 radical (unpaired) electrons. The molecule has 1 aliphatic rings. The summed E-state index contributed by atoms with van der Waals surface area (Å²) in [6.07, 6.45) is -3.64. The standard InChI is InChI=1S/C10H9F3N2O2/c1-17-9(16)7-5-15(7)8-3-2-6(4-14-8)10(11,12)13/h2-4,7H,5H2,1H3. The van der Waals surface area contributed by atoms with Crippen molar-refractivity contribution in [2.75, 3.05) is 18.6 Å². The van der Waals surface area contributed by atoms with Gasteiger partial charge in [0.15, 0.2) is 0 Å². The minimum atomic E-state index is -4.40. The average Bonchev–Trinajstić information content (AvgIpc) is 3.07. The summed E-state index contributed by atoms with van der Waals surface area (Å²) in [4.78, 5) is 16.3. The fourth-order valence-electron chi connectivity index (χ4n) is 1.45. The molecule has 0 aliphatic carbocycles. The molecule has 7 heteroatoms. The van der Waals surface area contributed by atoms with Crippen LogP contribution in [-0.4, -0.2) is 30.6 Å². The fourth-order valence-corrected chi connectivity index (χ4v) is 1.45. The summed E-state index contributed by atoms with van der Waals surface area (Å²) in [6, 6.07) is 1.75. The molecule has 1 unspecified atom stereocenters. The third kappa shape index (κ3) is 2.32. The molecule has 17 heavy (non-hydrogen) atoms. The van der Waals surface area contributed by atoms with E-state index >= 15 is 0 Å². The number of carbonyl (C=O) groups is 1. The molecule has 1 aromatic rings. The Balaban J connectivity index is 2.08. The Morgan fingerprint density at radius 1 is 1.53 bits per heavy atom. The highest BCUT2D eigenvalue weighted by atomic mass is 19.4. The summed E-state index contributed by atoms with van der Waals surface area (Å²) in [5.74, 6) is -0.0694. The lowest BCUT2D eigenvalue weighted by atomic mass is 10.3. The zero-order valence-corrected chi connectivity index (χ0v) is 8.86. The van der Waals surface area contributed by atoms with Gasteiger partial charge in [0.05, 0.1) is 19.2 Å². The number of anilines is 1. The second-order valence-electron chi connectivity index (χ2n) is 3.59. The van der Waals surface area contributed by atoms with E-state index in [-0.39, 0.29) is 0 Å². The number of ether oxygens (including phenoxy) is 1. The topological polar surface area (TPSA) is 42.2 Å². The van der Waals surface area contributed by atoms with E-state index in [2.05, 4.69) is 9.72 Å². The molecule has 1 aromatic heterocycles. The number of rotatable bonds is 2. The van der Waals surface area contributed by atoms with E-state index in [1.54, 1.807) is 4.90 Å². The second kappa shape index (κ2) is 3.90. The van der Waals surface area contributed by atoms with Crippen LogP contribution in [0.25, 0.3) is 0 Å². The SMILES string of the molecule is COC(=O)C1CN1c1ccc(C(F)(F)F)cn1. The summed E-state index contributed by atoms with van der Waals surface area (Å²) < 4.78 is 41.3. The molecule has 1 atom stereocenters. The van der Waals surface area contributed by atoms with Gasteiger partial charge in [-0.25, -0.2) is 9.78 Å². The van der Waals surface area contributed by atoms with Gasteiger partial charge in [-0.2, -0.15) is 13.2 Å². The monoisotopic (exact) mass is 246 g/mol. The van der Waals surface area contributed by atoms with Gasteiger partial charge >= 0.3 is 12.1 Å². The molecular formula is C10H9F3N2O2. The molecule has 1 saturated heterocycles. The highest BCUT2D eigenvalue weighted by Crippen LogP contribution is 2.31. The van der Waals surface area contributed by atoms with E-state index in [1.165, 1.54) is 13.2 Å². The average molecular weight is 246 g/mol. The number of methoxy groups -OCH3 is 1. The van der Waals surface area contributed by atoms with Gasteiger partial charge in [-0.05, 0) is 12.1 Å². The molecule has 4 nitrogen and oxygen atoms in total. The van der Waals surface area contributed by atoms with Crippen LogP contribution in [0.5, 0.6) is 0 Å². The number of aromatic nitrogens is 1. The molecule has 92 valence electrons. The second-order valence-corrected chi connectivity index (χ2v) is 3.59. The summed E-state index contributed by atoms with van der Waals surface area (Å²) in [5.41, 5.74) is -0.808. The van der Waals surface area contributed by atoms with Gasteiger partial charge in [-0.3, -0.25) is 0 Å². The Bertz CT molecular complexity index is 430. The number of pyridine rings is 1. The van der Waals surface area contributed by atoms with Crippen molar-refractivity contribution in [3.8, 4) is 0 Å². The third-order valence-electron chi connectivity index (χ3n) is 2.45. The number of alkyl halides is 3. The van der Waals surface area contributed by atoms with Crippen molar-refractivity contribution < 1.29 is 22.7 Å². The Kier molecular flexibility index (Phi) is 2.68. The van der Waals surface area contributed by atoms with Crippen molar-refractivity contribution in [2.24, 2.45) is 0 Å². The first kappa shape index (κ1) is 11.7. The Morgan fingerprint density at radius 2 is 2.24 bits per heavy atom. The predicted octanol–water partition coefficient (Wildman–Crippen LogP) is 1.46. The van der Waals surface area contributed by atoms with Gasteiger partial charge in [0.2, 0.25) is 0 Å². The summed E-state index contributed by atoms with van der Waals surface area (Å²) in [5, 5.41) is 0. The van der Waals surface area contributed by atoms with Crippen LogP contribution in [0.15, 0.2) is 18.3 Å². The molecule has 2 rings (SSSR count). The number of nitrogens with zero attached hydrogens (tertiary/aromatic N) is 2. The van der Waals surface area contributed by atoms with E-state index in [9.17, 15) is 18.0 Å². The van der Waals surface area contributed by atoms with Crippen LogP contribution in [0.1, 0.15) is 5.56 Å². The quantitative estimate of drug-likeness (QED) is 0.585. The number of halogens is 3. The van der Waals surface area contributed by atoms with Crippen molar-refractivity contribution in [1.29, 1.82) is 0 Å². The summed E-state index contributed by atoms with van der Waals surface area (Å²) in [6.45, 7) is 0.422. The number of esters is 1. The molecule has 2 heterocycles. The van der Waals surface area contributed by atoms with Gasteiger partial charge in [-0.1, -0.05) is 0 Å². The first-order valence-corrected chi connectivity index (χ1v) is 4.81. The highest BCUT2D eigenvalue weighted by molar-refractivity contribution is 5.85. The Morgan fingerprint density at radius 3 is 2.71 bits per heavy atom. The van der Waals surface area contributed by atoms with E-state index < -0.39 is 23.8 Å². The van der Waals surface area contributed by atoms with Gasteiger partial charge < -0.3 is 9.64 Å². The van der Waals surface area contributed by atoms with Gasteiger partial charge in [0, 0.05) is 6.20 Å². The first-order chi connectivity index (χ1) is 7.93. The predicted molar refractivity (Wildman–Crippen MR) is 52.4 cm³/mol. The molecule has 0 N–H and O–H groups in total. The molecule has 0 bridgehead atoms. The smallest absolute Gasteiger partial charge is 0.417 e. The number of hydrogen-bond acceptors (Lipinski definition) is 4. The maximum Gasteiger partial charge on any atom is 0.417 e. The van der Waals surface area contributed by atoms with Crippen LogP contribution in [-0.2, 0) is 15.7 Å². The van der Waals surface area contributed by atoms with E-state index in [4.69, 9.17) is 0 Å². The molecule has 0 aromatic carbocycles. The van der Waals surface area contributed by atoms with Crippen LogP contribution in [0.4, 0.5) is 19.0 Å². The van der Waals surface area contributed by atoms with Crippen molar-refractivity contribution in [3.05, 3.63) is 23.9 Å². The van der Waals surface area contributed by atoms with Crippen molar-refractivity contribution in [1.82, 2.24) is 4.98 Å². The fraction of sp³-hybridized carbons (Fsp3) is 0.400. The number of hydrogen-bond donors (Lipinski definition) is 0. The van der Waals surface area contributed by atoms with Crippen LogP contribution < -0.4 is 4.90 Å². The maximum absolute atomic E-state index is 12.3. The van der Waals surface area contributed by atoms with E-state index in [0.717, 1.165) is 12.3 Å². The lowest BCUT2D eigenvalue weighted by molar-refractivity contribution is -0.140. The maximum atomic E-state index is 12.3. The van der Waals surface area contributed by atoms with Crippen molar-refractivity contribution in [2.45, 2.75) is 12.2 Å². The van der Waals surface area contributed by atoms with E-state index in [0.29, 0.717) is 12.4 Å². The van der Waals surface area contributed by atoms with Gasteiger partial charge in [0.25, 0.3) is 0 Å². The van der Waals surface area contributed by atoms with Crippen LogP contribution in [0.2, 0.25) is 0 Å². The third-order valence-corrected chi connectivity index (χ3v) is 2.45. The van der Waals surface area contributed by atoms with E-state index in [1.807, 2.05) is 0 Å². The molecule has 1 fully saturated rings. The molecule has 0 amide bonds. The van der Waals surface area contributed by atoms with Crippen LogP contribution in [0, 0.1) is 0 Å². The molecular weight excluding hydrogens is 237 g/mol. The number of carbonyl (C=O) groups excluding carboxylic acids is 1. The zero-order valence-electron chi connectivity index (χ0n) is 8.86. The van der Waals surface area contributed by atoms with Gasteiger partial charge in [0.1, 0.15) is 11.9 Å². The van der Waals surface area contributed by atoms with Gasteiger partial charge in [-0.15, -0.1) is 0 Å². The van der Waals surface area contributed by atoms with Crippen LogP contribution >= 0.6 is 0 Å². The normalized spacial score (nSPS) is 19.1. The Labute approximate surface area is 95.0 Å². The van der Waals surface area contributed by atoms with Crippen molar-refractivity contribution in [3.63, 3.8) is 0 Å². The van der Waals surface area contributed by atoms with Crippen LogP contribution in [0.3, 0.4) is 0 Å². The minimum Gasteiger partial charge on any atom is -0.467 e.